The summed E-state index contributed by atoms with van der Waals surface area (Å²) in [5.41, 5.74) is 0.571. The second-order valence-electron chi connectivity index (χ2n) is 3.73. The van der Waals surface area contributed by atoms with Gasteiger partial charge in [-0.2, -0.15) is 0 Å². The van der Waals surface area contributed by atoms with Gasteiger partial charge in [-0.25, -0.2) is 0 Å². The molecule has 0 fully saturated rings. The van der Waals surface area contributed by atoms with Crippen molar-refractivity contribution >= 4 is 49.4 Å². The molecule has 1 unspecified atom stereocenters. The number of methoxy groups -OCH3 is 1. The summed E-state index contributed by atoms with van der Waals surface area (Å²) in [4.78, 5) is 12.0. The summed E-state index contributed by atoms with van der Waals surface area (Å²) in [6.07, 6.45) is 0.814. The Morgan fingerprint density at radius 1 is 1.56 bits per heavy atom. The van der Waals surface area contributed by atoms with Crippen molar-refractivity contribution in [3.8, 4) is 0 Å². The SMILES string of the molecule is COCC(CCBr)NC(=O)c1ccc(Cl)c(Br)c1. The molecule has 1 aromatic rings. The lowest BCUT2D eigenvalue weighted by Crippen LogP contribution is -2.38. The third-order valence-corrected chi connectivity index (χ3v) is 4.01. The lowest BCUT2D eigenvalue weighted by atomic mass is 10.2. The lowest BCUT2D eigenvalue weighted by molar-refractivity contribution is 0.0895. The monoisotopic (exact) mass is 397 g/mol. The molecule has 0 heterocycles. The summed E-state index contributed by atoms with van der Waals surface area (Å²) in [6.45, 7) is 0.492. The summed E-state index contributed by atoms with van der Waals surface area (Å²) < 4.78 is 5.78. The third-order valence-electron chi connectivity index (χ3n) is 2.34. The van der Waals surface area contributed by atoms with Gasteiger partial charge in [-0.05, 0) is 40.5 Å². The van der Waals surface area contributed by atoms with E-state index in [9.17, 15) is 4.79 Å². The average Bonchev–Trinajstić information content (AvgIpc) is 2.33. The Labute approximate surface area is 128 Å². The van der Waals surface area contributed by atoms with Crippen LogP contribution in [0.25, 0.3) is 0 Å². The minimum atomic E-state index is -0.129. The molecule has 1 N–H and O–H groups in total. The van der Waals surface area contributed by atoms with E-state index in [1.165, 1.54) is 0 Å². The summed E-state index contributed by atoms with van der Waals surface area (Å²) in [5.74, 6) is -0.129. The van der Waals surface area contributed by atoms with E-state index in [1.54, 1.807) is 25.3 Å². The number of ether oxygens (including phenoxy) is 1. The highest BCUT2D eigenvalue weighted by molar-refractivity contribution is 9.10. The molecule has 6 heteroatoms. The van der Waals surface area contributed by atoms with Crippen molar-refractivity contribution in [2.24, 2.45) is 0 Å². The molecule has 3 nitrogen and oxygen atoms in total. The molecular weight excluding hydrogens is 385 g/mol. The first-order valence-electron chi connectivity index (χ1n) is 5.39. The Morgan fingerprint density at radius 2 is 2.28 bits per heavy atom. The molecule has 18 heavy (non-hydrogen) atoms. The van der Waals surface area contributed by atoms with Gasteiger partial charge in [0, 0.05) is 22.5 Å². The molecule has 0 aromatic heterocycles. The molecule has 0 aliphatic carbocycles. The van der Waals surface area contributed by atoms with Crippen LogP contribution in [0.1, 0.15) is 16.8 Å². The number of hydrogen-bond acceptors (Lipinski definition) is 2. The normalized spacial score (nSPS) is 12.2. The van der Waals surface area contributed by atoms with Crippen LogP contribution in [-0.4, -0.2) is 31.0 Å². The molecular formula is C12H14Br2ClNO2. The van der Waals surface area contributed by atoms with Crippen LogP contribution in [0.3, 0.4) is 0 Å². The van der Waals surface area contributed by atoms with E-state index < -0.39 is 0 Å². The van der Waals surface area contributed by atoms with Crippen molar-refractivity contribution in [3.63, 3.8) is 0 Å². The zero-order valence-electron chi connectivity index (χ0n) is 9.88. The Bertz CT molecular complexity index is 409. The predicted molar refractivity (Wildman–Crippen MR) is 80.7 cm³/mol. The van der Waals surface area contributed by atoms with Gasteiger partial charge >= 0.3 is 0 Å². The van der Waals surface area contributed by atoms with Crippen LogP contribution >= 0.6 is 43.5 Å². The van der Waals surface area contributed by atoms with Crippen LogP contribution in [0, 0.1) is 0 Å². The molecule has 1 atom stereocenters. The molecule has 0 radical (unpaired) electrons. The number of nitrogens with one attached hydrogen (secondary N) is 1. The highest BCUT2D eigenvalue weighted by atomic mass is 79.9. The highest BCUT2D eigenvalue weighted by Crippen LogP contribution is 2.23. The number of rotatable bonds is 6. The van der Waals surface area contributed by atoms with Crippen molar-refractivity contribution in [1.29, 1.82) is 0 Å². The van der Waals surface area contributed by atoms with Gasteiger partial charge in [-0.1, -0.05) is 27.5 Å². The van der Waals surface area contributed by atoms with Gasteiger partial charge in [0.2, 0.25) is 0 Å². The summed E-state index contributed by atoms with van der Waals surface area (Å²) in [6, 6.07) is 5.09. The van der Waals surface area contributed by atoms with E-state index in [2.05, 4.69) is 37.2 Å². The van der Waals surface area contributed by atoms with Gasteiger partial charge in [0.05, 0.1) is 17.7 Å². The fourth-order valence-corrected chi connectivity index (χ4v) is 2.49. The summed E-state index contributed by atoms with van der Waals surface area (Å²) >= 11 is 12.5. The van der Waals surface area contributed by atoms with Crippen LogP contribution in [0.5, 0.6) is 0 Å². The molecule has 0 aliphatic rings. The molecule has 0 saturated heterocycles. The largest absolute Gasteiger partial charge is 0.383 e. The van der Waals surface area contributed by atoms with E-state index in [4.69, 9.17) is 16.3 Å². The number of hydrogen-bond donors (Lipinski definition) is 1. The maximum absolute atomic E-state index is 12.0. The lowest BCUT2D eigenvalue weighted by Gasteiger charge is -2.17. The zero-order chi connectivity index (χ0) is 13.5. The number of halogens is 3. The molecule has 0 saturated carbocycles. The van der Waals surface area contributed by atoms with Crippen molar-refractivity contribution < 1.29 is 9.53 Å². The zero-order valence-corrected chi connectivity index (χ0v) is 13.8. The maximum atomic E-state index is 12.0. The van der Waals surface area contributed by atoms with E-state index in [0.717, 1.165) is 11.8 Å². The standard InChI is InChI=1S/C12H14Br2ClNO2/c1-18-7-9(4-5-13)16-12(17)8-2-3-11(15)10(14)6-8/h2-3,6,9H,4-5,7H2,1H3,(H,16,17). The minimum absolute atomic E-state index is 0.00340. The average molecular weight is 400 g/mol. The van der Waals surface area contributed by atoms with Crippen molar-refractivity contribution in [1.82, 2.24) is 5.32 Å². The molecule has 0 spiro atoms. The van der Waals surface area contributed by atoms with Gasteiger partial charge < -0.3 is 10.1 Å². The third kappa shape index (κ3) is 4.88. The number of carbonyl (C=O) groups is 1. The summed E-state index contributed by atoms with van der Waals surface area (Å²) in [5, 5.41) is 4.32. The van der Waals surface area contributed by atoms with Gasteiger partial charge in [-0.3, -0.25) is 4.79 Å². The van der Waals surface area contributed by atoms with Crippen LogP contribution in [0.4, 0.5) is 0 Å². The van der Waals surface area contributed by atoms with Crippen LogP contribution < -0.4 is 5.32 Å². The fourth-order valence-electron chi connectivity index (χ4n) is 1.44. The quantitative estimate of drug-likeness (QED) is 0.742. The number of benzene rings is 1. The topological polar surface area (TPSA) is 38.3 Å². The Hall–Kier alpha value is -0.100. The number of alkyl halides is 1. The Balaban J connectivity index is 2.70. The Kier molecular flexibility index (Phi) is 7.22. The number of carbonyl (C=O) groups excluding carboxylic acids is 1. The van der Waals surface area contributed by atoms with Crippen LogP contribution in [0.2, 0.25) is 5.02 Å². The van der Waals surface area contributed by atoms with Gasteiger partial charge in [0.1, 0.15) is 0 Å². The van der Waals surface area contributed by atoms with Crippen molar-refractivity contribution in [2.45, 2.75) is 12.5 Å². The second-order valence-corrected chi connectivity index (χ2v) is 5.79. The van der Waals surface area contributed by atoms with Gasteiger partial charge in [-0.15, -0.1) is 0 Å². The molecule has 0 aliphatic heterocycles. The first-order valence-corrected chi connectivity index (χ1v) is 7.68. The van der Waals surface area contributed by atoms with E-state index in [1.807, 2.05) is 0 Å². The molecule has 0 bridgehead atoms. The highest BCUT2D eigenvalue weighted by Gasteiger charge is 2.14. The summed E-state index contributed by atoms with van der Waals surface area (Å²) in [7, 11) is 1.62. The van der Waals surface area contributed by atoms with Gasteiger partial charge in [0.15, 0.2) is 0 Å². The van der Waals surface area contributed by atoms with Crippen LogP contribution in [0.15, 0.2) is 22.7 Å². The van der Waals surface area contributed by atoms with E-state index >= 15 is 0 Å². The molecule has 1 aromatic carbocycles. The molecule has 100 valence electrons. The molecule has 1 amide bonds. The maximum Gasteiger partial charge on any atom is 0.251 e. The van der Waals surface area contributed by atoms with E-state index in [-0.39, 0.29) is 11.9 Å². The van der Waals surface area contributed by atoms with Crippen LogP contribution in [-0.2, 0) is 4.74 Å². The smallest absolute Gasteiger partial charge is 0.251 e. The van der Waals surface area contributed by atoms with Gasteiger partial charge in [0.25, 0.3) is 5.91 Å². The predicted octanol–water partition coefficient (Wildman–Crippen LogP) is 3.63. The van der Waals surface area contributed by atoms with Crippen molar-refractivity contribution in [3.05, 3.63) is 33.3 Å². The second kappa shape index (κ2) is 8.15. The Morgan fingerprint density at radius 3 is 2.83 bits per heavy atom. The first-order chi connectivity index (χ1) is 8.58. The number of amides is 1. The minimum Gasteiger partial charge on any atom is -0.383 e. The van der Waals surface area contributed by atoms with E-state index in [0.29, 0.717) is 21.7 Å². The van der Waals surface area contributed by atoms with Crippen molar-refractivity contribution in [2.75, 3.05) is 19.0 Å². The molecule has 1 rings (SSSR count). The first kappa shape index (κ1) is 16.0. The fraction of sp³-hybridized carbons (Fsp3) is 0.417.